The maximum absolute atomic E-state index is 15.2. The lowest BCUT2D eigenvalue weighted by Gasteiger charge is -2.47. The summed E-state index contributed by atoms with van der Waals surface area (Å²) in [6, 6.07) is 12.2. The number of aliphatic hydroxyl groups excluding tert-OH is 1. The van der Waals surface area contributed by atoms with Crippen LogP contribution in [0.5, 0.6) is 0 Å². The molecule has 3 aromatic rings. The smallest absolute Gasteiger partial charge is 0.410 e. The van der Waals surface area contributed by atoms with Gasteiger partial charge in [-0.25, -0.2) is 9.78 Å². The van der Waals surface area contributed by atoms with Crippen LogP contribution in [0.2, 0.25) is 0 Å². The van der Waals surface area contributed by atoms with Gasteiger partial charge in [0, 0.05) is 74.6 Å². The van der Waals surface area contributed by atoms with Crippen molar-refractivity contribution in [1.82, 2.24) is 24.3 Å². The predicted octanol–water partition coefficient (Wildman–Crippen LogP) is 6.15. The number of likely N-dealkylation sites (N-methyl/N-ethyl adjacent to an activating group) is 1. The standard InChI is InChI=1S/C49H69N5O10/c1-11-39-49(26-35-18-13-12-14-19-35)43(54(47(59)64-49)23-16-15-22-53-28-37(51-29-53)36-20-17-21-50-27-36)32(4)40(55)30(2)25-48(7,60-10)44(33(5)41(56)34(6)45(58)62-39)63-46-42(57)38(52(8)9)24-31(3)61-46/h12-14,17-21,27-34,38-39,42-44,46,57H,11,15-16,22-26H2,1-10H3/t30-,31-,32+,33+,34-,38+,39-,42-,43-,44-,46?,48+,49-/m1/s1. The molecule has 0 aliphatic carbocycles. The van der Waals surface area contributed by atoms with Gasteiger partial charge in [0.1, 0.15) is 23.9 Å². The van der Waals surface area contributed by atoms with Crippen molar-refractivity contribution >= 4 is 23.6 Å². The highest BCUT2D eigenvalue weighted by Crippen LogP contribution is 2.45. The number of ketones is 2. The molecule has 5 heterocycles. The number of esters is 1. The number of aryl methyl sites for hydroxylation is 1. The number of nitrogens with zero attached hydrogens (tertiary/aromatic N) is 5. The van der Waals surface area contributed by atoms with E-state index in [2.05, 4.69) is 9.97 Å². The molecule has 0 bridgehead atoms. The number of benzene rings is 1. The Morgan fingerprint density at radius 1 is 0.953 bits per heavy atom. The summed E-state index contributed by atoms with van der Waals surface area (Å²) in [6.45, 7) is 13.3. The fourth-order valence-electron chi connectivity index (χ4n) is 10.4. The number of carbonyl (C=O) groups is 4. The van der Waals surface area contributed by atoms with Gasteiger partial charge in [-0.3, -0.25) is 19.4 Å². The Hall–Kier alpha value is -4.54. The third-order valence-electron chi connectivity index (χ3n) is 13.9. The third-order valence-corrected chi connectivity index (χ3v) is 13.9. The SMILES string of the molecule is CC[C@H]1OC(=O)[C@H](C)C(=O)[C@H](C)[C@@H](OC2O[C@H](C)C[C@H](N(C)C)[C@H]2O)[C@@](C)(OC)C[C@@H](C)C(=O)[C@H](C)[C@H]2N(CCCCn3cnc(-c4cccnc4)c3)C(=O)O[C@]12Cc1ccccc1. The summed E-state index contributed by atoms with van der Waals surface area (Å²) in [4.78, 5) is 70.9. The van der Waals surface area contributed by atoms with Gasteiger partial charge >= 0.3 is 12.1 Å². The zero-order valence-electron chi connectivity index (χ0n) is 39.2. The molecule has 3 aliphatic rings. The number of hydrogen-bond donors (Lipinski definition) is 1. The van der Waals surface area contributed by atoms with Gasteiger partial charge in [-0.05, 0) is 84.7 Å². The van der Waals surface area contributed by atoms with Gasteiger partial charge in [-0.2, -0.15) is 0 Å². The molecule has 3 fully saturated rings. The van der Waals surface area contributed by atoms with Gasteiger partial charge in [0.05, 0.1) is 35.9 Å². The predicted molar refractivity (Wildman–Crippen MR) is 239 cm³/mol. The highest BCUT2D eigenvalue weighted by molar-refractivity contribution is 6.00. The van der Waals surface area contributed by atoms with Crippen LogP contribution in [-0.4, -0.2) is 135 Å². The van der Waals surface area contributed by atoms with Crippen LogP contribution in [0.1, 0.15) is 86.1 Å². The van der Waals surface area contributed by atoms with Crippen LogP contribution in [0.4, 0.5) is 4.79 Å². The minimum atomic E-state index is -1.50. The number of unbranched alkanes of at least 4 members (excludes halogenated alkanes) is 1. The first kappa shape index (κ1) is 48.9. The van der Waals surface area contributed by atoms with Crippen LogP contribution < -0.4 is 0 Å². The van der Waals surface area contributed by atoms with Crippen LogP contribution in [-0.2, 0) is 51.0 Å². The fourth-order valence-corrected chi connectivity index (χ4v) is 10.4. The number of imidazole rings is 1. The lowest BCUT2D eigenvalue weighted by molar-refractivity contribution is -0.295. The molecule has 1 amide bonds. The second-order valence-corrected chi connectivity index (χ2v) is 18.8. The normalized spacial score (nSPS) is 34.3. The number of hydrogen-bond acceptors (Lipinski definition) is 13. The summed E-state index contributed by atoms with van der Waals surface area (Å²) in [7, 11) is 5.26. The van der Waals surface area contributed by atoms with Crippen molar-refractivity contribution in [2.24, 2.45) is 23.7 Å². The highest BCUT2D eigenvalue weighted by atomic mass is 16.7. The van der Waals surface area contributed by atoms with Crippen LogP contribution in [0.25, 0.3) is 11.3 Å². The minimum absolute atomic E-state index is 0.111. The molecule has 64 heavy (non-hydrogen) atoms. The molecule has 1 unspecified atom stereocenters. The molecule has 0 spiro atoms. The van der Waals surface area contributed by atoms with Gasteiger partial charge in [0.15, 0.2) is 17.7 Å². The lowest BCUT2D eigenvalue weighted by Crippen LogP contribution is -2.61. The van der Waals surface area contributed by atoms with Crippen molar-refractivity contribution in [1.29, 1.82) is 0 Å². The van der Waals surface area contributed by atoms with Crippen LogP contribution in [0.15, 0.2) is 67.4 Å². The Labute approximate surface area is 378 Å². The number of amides is 1. The van der Waals surface area contributed by atoms with E-state index in [9.17, 15) is 19.5 Å². The van der Waals surface area contributed by atoms with E-state index in [1.165, 1.54) is 14.0 Å². The van der Waals surface area contributed by atoms with Crippen molar-refractivity contribution in [3.05, 3.63) is 72.9 Å². The molecule has 1 N–H and O–H groups in total. The van der Waals surface area contributed by atoms with E-state index in [0.717, 1.165) is 16.8 Å². The first-order valence-corrected chi connectivity index (χ1v) is 22.9. The molecule has 15 nitrogen and oxygen atoms in total. The monoisotopic (exact) mass is 888 g/mol. The average Bonchev–Trinajstić information content (AvgIpc) is 3.87. The molecule has 0 saturated carbocycles. The summed E-state index contributed by atoms with van der Waals surface area (Å²) in [5.74, 6) is -5.13. The molecule has 6 rings (SSSR count). The van der Waals surface area contributed by atoms with Crippen molar-refractivity contribution < 1.29 is 48.0 Å². The summed E-state index contributed by atoms with van der Waals surface area (Å²) in [5, 5.41) is 11.5. The van der Waals surface area contributed by atoms with E-state index in [1.807, 2.05) is 99.9 Å². The number of cyclic esters (lactones) is 1. The molecular formula is C49H69N5O10. The number of aliphatic hydroxyl groups is 1. The van der Waals surface area contributed by atoms with Crippen molar-refractivity contribution in [2.45, 2.75) is 148 Å². The molecule has 13 atom stereocenters. The summed E-state index contributed by atoms with van der Waals surface area (Å²) >= 11 is 0. The molecule has 15 heteroatoms. The fraction of sp³-hybridized carbons (Fsp3) is 0.633. The largest absolute Gasteiger partial charge is 0.457 e. The topological polar surface area (TPSA) is 172 Å². The Morgan fingerprint density at radius 2 is 1.67 bits per heavy atom. The number of ether oxygens (including phenoxy) is 5. The maximum atomic E-state index is 15.2. The Morgan fingerprint density at radius 3 is 2.33 bits per heavy atom. The Kier molecular flexibility index (Phi) is 15.9. The van der Waals surface area contributed by atoms with Crippen molar-refractivity contribution in [3.8, 4) is 11.3 Å². The number of aromatic nitrogens is 3. The van der Waals surface area contributed by atoms with E-state index < -0.39 is 83.4 Å². The minimum Gasteiger partial charge on any atom is -0.457 e. The van der Waals surface area contributed by atoms with E-state index >= 15 is 4.79 Å². The maximum Gasteiger partial charge on any atom is 0.410 e. The first-order chi connectivity index (χ1) is 30.4. The highest BCUT2D eigenvalue weighted by Gasteiger charge is 2.62. The van der Waals surface area contributed by atoms with E-state index in [-0.39, 0.29) is 43.7 Å². The molecule has 3 saturated heterocycles. The second kappa shape index (κ2) is 20.7. The zero-order valence-corrected chi connectivity index (χ0v) is 39.2. The molecule has 1 aromatic carbocycles. The second-order valence-electron chi connectivity index (χ2n) is 18.8. The van der Waals surface area contributed by atoms with Crippen molar-refractivity contribution in [2.75, 3.05) is 27.7 Å². The third kappa shape index (κ3) is 10.3. The van der Waals surface area contributed by atoms with Gasteiger partial charge in [0.2, 0.25) is 0 Å². The van der Waals surface area contributed by atoms with Gasteiger partial charge in [0.25, 0.3) is 0 Å². The number of pyridine rings is 1. The van der Waals surface area contributed by atoms with Crippen molar-refractivity contribution in [3.63, 3.8) is 0 Å². The molecular weight excluding hydrogens is 819 g/mol. The van der Waals surface area contributed by atoms with Crippen LogP contribution >= 0.6 is 0 Å². The average molecular weight is 888 g/mol. The summed E-state index contributed by atoms with van der Waals surface area (Å²) in [5.41, 5.74) is -0.241. The van der Waals surface area contributed by atoms with Crippen LogP contribution in [0.3, 0.4) is 0 Å². The number of fused-ring (bicyclic) bond motifs is 1. The van der Waals surface area contributed by atoms with E-state index in [0.29, 0.717) is 25.8 Å². The quantitative estimate of drug-likeness (QED) is 0.118. The molecule has 350 valence electrons. The number of rotatable bonds is 13. The molecule has 3 aliphatic heterocycles. The van der Waals surface area contributed by atoms with E-state index in [4.69, 9.17) is 23.7 Å². The first-order valence-electron chi connectivity index (χ1n) is 22.9. The van der Waals surface area contributed by atoms with Gasteiger partial charge in [-0.15, -0.1) is 0 Å². The van der Waals surface area contributed by atoms with Crippen LogP contribution in [0, 0.1) is 23.7 Å². The van der Waals surface area contributed by atoms with E-state index in [1.54, 1.807) is 37.5 Å². The number of Topliss-reactive ketones (excluding diaryl/α,β-unsaturated/α-hetero) is 2. The Bertz CT molecular complexity index is 2050. The number of methoxy groups -OCH3 is 1. The summed E-state index contributed by atoms with van der Waals surface area (Å²) < 4.78 is 34.1. The zero-order chi connectivity index (χ0) is 46.5. The summed E-state index contributed by atoms with van der Waals surface area (Å²) in [6.07, 6.45) is 4.40. The molecule has 2 aromatic heterocycles. The lowest BCUT2D eigenvalue weighted by atomic mass is 9.71. The van der Waals surface area contributed by atoms with Gasteiger partial charge < -0.3 is 43.2 Å². The molecule has 0 radical (unpaired) electrons. The van der Waals surface area contributed by atoms with Gasteiger partial charge in [-0.1, -0.05) is 58.0 Å². The Balaban J connectivity index is 1.36. The number of carbonyl (C=O) groups excluding carboxylic acids is 4.